The monoisotopic (exact) mass is 320 g/mol. The van der Waals surface area contributed by atoms with Gasteiger partial charge in [0, 0.05) is 24.1 Å². The van der Waals surface area contributed by atoms with Gasteiger partial charge in [0.05, 0.1) is 23.6 Å². The molecule has 0 radical (unpaired) electrons. The van der Waals surface area contributed by atoms with Crippen LogP contribution in [-0.4, -0.2) is 62.8 Å². The molecule has 23 heavy (non-hydrogen) atoms. The number of aromatic amines is 1. The van der Waals surface area contributed by atoms with Crippen LogP contribution in [0.25, 0.3) is 10.9 Å². The topological polar surface area (TPSA) is 139 Å². The Morgan fingerprint density at radius 2 is 2.26 bits per heavy atom. The summed E-state index contributed by atoms with van der Waals surface area (Å²) in [6.07, 6.45) is -1.09. The molecule has 1 fully saturated rings. The summed E-state index contributed by atoms with van der Waals surface area (Å²) in [7, 11) is 0. The van der Waals surface area contributed by atoms with Gasteiger partial charge in [-0.25, -0.2) is 4.79 Å². The summed E-state index contributed by atoms with van der Waals surface area (Å²) in [5.41, 5.74) is 0.357. The maximum atomic E-state index is 12.5. The number of non-ortho nitro benzene ring substituents is 1. The molecule has 1 aliphatic rings. The molecule has 120 valence electrons. The number of hydrogen-bond acceptors (Lipinski definition) is 6. The minimum absolute atomic E-state index is 0.0229. The number of morpholine rings is 1. The number of nitrogens with zero attached hydrogens (tertiary/aromatic N) is 3. The van der Waals surface area contributed by atoms with Gasteiger partial charge in [0.25, 0.3) is 11.6 Å². The average Bonchev–Trinajstić information content (AvgIpc) is 2.97. The van der Waals surface area contributed by atoms with Crippen molar-refractivity contribution in [3.05, 3.63) is 34.0 Å². The Hall–Kier alpha value is -3.01. The number of hydrogen-bond donors (Lipinski definition) is 2. The van der Waals surface area contributed by atoms with E-state index < -0.39 is 22.9 Å². The molecule has 1 amide bonds. The molecule has 1 aromatic carbocycles. The van der Waals surface area contributed by atoms with Crippen LogP contribution in [-0.2, 0) is 9.53 Å². The number of ether oxygens (including phenoxy) is 1. The van der Waals surface area contributed by atoms with Crippen molar-refractivity contribution >= 4 is 28.5 Å². The highest BCUT2D eigenvalue weighted by atomic mass is 16.6. The van der Waals surface area contributed by atoms with Crippen LogP contribution in [0, 0.1) is 10.1 Å². The number of rotatable bonds is 3. The van der Waals surface area contributed by atoms with E-state index in [9.17, 15) is 19.7 Å². The van der Waals surface area contributed by atoms with Crippen molar-refractivity contribution in [3.8, 4) is 0 Å². The summed E-state index contributed by atoms with van der Waals surface area (Å²) >= 11 is 0. The standard InChI is InChI=1S/C13H12N4O6/c18-12(16-3-4-23-10(6-16)13(19)20)11-8-5-7(17(21)22)1-2-9(8)14-15-11/h1-2,5,10H,3-4,6H2,(H,14,15)(H,19,20). The Balaban J connectivity index is 1.93. The summed E-state index contributed by atoms with van der Waals surface area (Å²) in [4.78, 5) is 35.2. The van der Waals surface area contributed by atoms with Gasteiger partial charge in [-0.15, -0.1) is 0 Å². The largest absolute Gasteiger partial charge is 0.479 e. The molecule has 1 unspecified atom stereocenters. The molecule has 2 aromatic rings. The van der Waals surface area contributed by atoms with Gasteiger partial charge in [-0.05, 0) is 6.07 Å². The molecule has 1 aliphatic heterocycles. The van der Waals surface area contributed by atoms with E-state index in [1.165, 1.54) is 23.1 Å². The van der Waals surface area contributed by atoms with Gasteiger partial charge >= 0.3 is 5.97 Å². The maximum Gasteiger partial charge on any atom is 0.334 e. The summed E-state index contributed by atoms with van der Waals surface area (Å²) in [5, 5.41) is 26.7. The molecule has 2 heterocycles. The fraction of sp³-hybridized carbons (Fsp3) is 0.308. The Morgan fingerprint density at radius 1 is 1.48 bits per heavy atom. The van der Waals surface area contributed by atoms with E-state index in [4.69, 9.17) is 9.84 Å². The van der Waals surface area contributed by atoms with Crippen LogP contribution in [0.2, 0.25) is 0 Å². The number of H-pyrrole nitrogens is 1. The third kappa shape index (κ3) is 2.71. The Kier molecular flexibility index (Phi) is 3.66. The van der Waals surface area contributed by atoms with Gasteiger partial charge in [-0.1, -0.05) is 0 Å². The minimum atomic E-state index is -1.15. The second-order valence-electron chi connectivity index (χ2n) is 5.01. The van der Waals surface area contributed by atoms with Crippen molar-refractivity contribution in [1.82, 2.24) is 15.1 Å². The van der Waals surface area contributed by atoms with Crippen molar-refractivity contribution < 1.29 is 24.4 Å². The number of aromatic nitrogens is 2. The molecule has 0 bridgehead atoms. The Labute approximate surface area is 128 Å². The number of carboxylic acid groups (broad SMARTS) is 1. The number of nitro benzene ring substituents is 1. The molecule has 0 aliphatic carbocycles. The number of carboxylic acids is 1. The van der Waals surface area contributed by atoms with E-state index in [2.05, 4.69) is 10.2 Å². The van der Waals surface area contributed by atoms with Crippen molar-refractivity contribution in [2.45, 2.75) is 6.10 Å². The highest BCUT2D eigenvalue weighted by Gasteiger charge is 2.31. The number of nitrogens with one attached hydrogen (secondary N) is 1. The zero-order valence-electron chi connectivity index (χ0n) is 11.8. The molecule has 2 N–H and O–H groups in total. The number of aliphatic carboxylic acids is 1. The molecule has 1 atom stereocenters. The lowest BCUT2D eigenvalue weighted by molar-refractivity contribution is -0.384. The first kappa shape index (κ1) is 14.9. The van der Waals surface area contributed by atoms with Gasteiger partial charge in [-0.2, -0.15) is 5.10 Å². The van der Waals surface area contributed by atoms with Gasteiger partial charge in [-0.3, -0.25) is 20.0 Å². The summed E-state index contributed by atoms with van der Waals surface area (Å²) in [5.74, 6) is -1.64. The van der Waals surface area contributed by atoms with Crippen LogP contribution in [0.1, 0.15) is 10.5 Å². The lowest BCUT2D eigenvalue weighted by atomic mass is 10.1. The zero-order chi connectivity index (χ0) is 16.6. The highest BCUT2D eigenvalue weighted by Crippen LogP contribution is 2.23. The number of carbonyl (C=O) groups is 2. The number of benzene rings is 1. The van der Waals surface area contributed by atoms with Crippen LogP contribution in [0.3, 0.4) is 0 Å². The predicted molar refractivity (Wildman–Crippen MR) is 76.0 cm³/mol. The van der Waals surface area contributed by atoms with Gasteiger partial charge < -0.3 is 14.7 Å². The molecule has 1 saturated heterocycles. The van der Waals surface area contributed by atoms with Crippen LogP contribution in [0.5, 0.6) is 0 Å². The minimum Gasteiger partial charge on any atom is -0.479 e. The van der Waals surface area contributed by atoms with E-state index in [1.807, 2.05) is 0 Å². The molecular weight excluding hydrogens is 308 g/mol. The van der Waals surface area contributed by atoms with Gasteiger partial charge in [0.1, 0.15) is 0 Å². The van der Waals surface area contributed by atoms with Gasteiger partial charge in [0.2, 0.25) is 0 Å². The quantitative estimate of drug-likeness (QED) is 0.616. The molecular formula is C13H12N4O6. The first-order valence-corrected chi connectivity index (χ1v) is 6.73. The summed E-state index contributed by atoms with van der Waals surface area (Å²) < 4.78 is 5.06. The predicted octanol–water partition coefficient (Wildman–Crippen LogP) is 0.397. The maximum absolute atomic E-state index is 12.5. The van der Waals surface area contributed by atoms with Gasteiger partial charge in [0.15, 0.2) is 11.8 Å². The Bertz CT molecular complexity index is 801. The van der Waals surface area contributed by atoms with Crippen molar-refractivity contribution in [2.75, 3.05) is 19.7 Å². The van der Waals surface area contributed by atoms with E-state index in [0.29, 0.717) is 10.9 Å². The van der Waals surface area contributed by atoms with Crippen LogP contribution in [0.4, 0.5) is 5.69 Å². The van der Waals surface area contributed by atoms with Crippen molar-refractivity contribution in [1.29, 1.82) is 0 Å². The molecule has 0 saturated carbocycles. The smallest absolute Gasteiger partial charge is 0.334 e. The first-order chi connectivity index (χ1) is 11.0. The number of amides is 1. The zero-order valence-corrected chi connectivity index (χ0v) is 11.8. The molecule has 1 aromatic heterocycles. The summed E-state index contributed by atoms with van der Waals surface area (Å²) in [6, 6.07) is 4.04. The fourth-order valence-corrected chi connectivity index (χ4v) is 2.41. The third-order valence-electron chi connectivity index (χ3n) is 3.59. The molecule has 10 heteroatoms. The number of fused-ring (bicyclic) bond motifs is 1. The second kappa shape index (κ2) is 5.65. The van der Waals surface area contributed by atoms with E-state index in [0.717, 1.165) is 0 Å². The van der Waals surface area contributed by atoms with E-state index >= 15 is 0 Å². The third-order valence-corrected chi connectivity index (χ3v) is 3.59. The molecule has 0 spiro atoms. The summed E-state index contributed by atoms with van der Waals surface area (Å²) in [6.45, 7) is 0.231. The SMILES string of the molecule is O=C(O)C1CN(C(=O)c2n[nH]c3ccc([N+](=O)[O-])cc23)CCO1. The number of nitro groups is 1. The van der Waals surface area contributed by atoms with Crippen LogP contribution >= 0.6 is 0 Å². The molecule has 3 rings (SSSR count). The lowest BCUT2D eigenvalue weighted by Gasteiger charge is -2.30. The van der Waals surface area contributed by atoms with Crippen LogP contribution in [0.15, 0.2) is 18.2 Å². The first-order valence-electron chi connectivity index (χ1n) is 6.73. The lowest BCUT2D eigenvalue weighted by Crippen LogP contribution is -2.48. The van der Waals surface area contributed by atoms with E-state index in [1.54, 1.807) is 0 Å². The Morgan fingerprint density at radius 3 is 2.96 bits per heavy atom. The normalized spacial score (nSPS) is 18.1. The molecule has 10 nitrogen and oxygen atoms in total. The number of carbonyl (C=O) groups excluding carboxylic acids is 1. The highest BCUT2D eigenvalue weighted by molar-refractivity contribution is 6.05. The van der Waals surface area contributed by atoms with Crippen molar-refractivity contribution in [2.24, 2.45) is 0 Å². The van der Waals surface area contributed by atoms with Crippen LogP contribution < -0.4 is 0 Å². The van der Waals surface area contributed by atoms with E-state index in [-0.39, 0.29) is 31.1 Å². The van der Waals surface area contributed by atoms with Crippen molar-refractivity contribution in [3.63, 3.8) is 0 Å². The fourth-order valence-electron chi connectivity index (χ4n) is 2.41. The second-order valence-corrected chi connectivity index (χ2v) is 5.01. The average molecular weight is 320 g/mol.